The van der Waals surface area contributed by atoms with Crippen LogP contribution in [0.25, 0.3) is 0 Å². The number of phenolic OH excluding ortho intramolecular Hbond substituents is 1. The van der Waals surface area contributed by atoms with Gasteiger partial charge in [-0.05, 0) is 66.1 Å². The standard InChI is InChI=1S/C25H19ClN2O4S2/c26-11-3-5-12(6-4-11)28-23(30)18-14-9-15(19(18)24(28)31)20-17(14)16(10-1-7-13(29)8-2-10)21-22(33-20)27-25(32)34-21/h1-8,14-20,29H,9H2,(H,27,32)/t14-,15+,16-,17+,18+,19+,20+/m0/s1. The number of carbonyl (C=O) groups is 2. The molecule has 2 aliphatic carbocycles. The van der Waals surface area contributed by atoms with E-state index < -0.39 is 0 Å². The molecule has 2 bridgehead atoms. The summed E-state index contributed by atoms with van der Waals surface area (Å²) in [6.45, 7) is 0. The van der Waals surface area contributed by atoms with Crippen molar-refractivity contribution >= 4 is 52.2 Å². The van der Waals surface area contributed by atoms with Crippen molar-refractivity contribution in [3.8, 4) is 5.75 Å². The van der Waals surface area contributed by atoms with Gasteiger partial charge in [-0.3, -0.25) is 19.3 Å². The first-order chi connectivity index (χ1) is 16.4. The number of halogens is 1. The largest absolute Gasteiger partial charge is 0.508 e. The van der Waals surface area contributed by atoms with Gasteiger partial charge in [0.05, 0.1) is 22.5 Å². The van der Waals surface area contributed by atoms with Crippen LogP contribution in [0.4, 0.5) is 5.69 Å². The maximum absolute atomic E-state index is 13.7. The Morgan fingerprint density at radius 1 is 0.941 bits per heavy atom. The van der Waals surface area contributed by atoms with Gasteiger partial charge in [-0.1, -0.05) is 35.1 Å². The molecular formula is C25H19ClN2O4S2. The van der Waals surface area contributed by atoms with Gasteiger partial charge < -0.3 is 10.1 Å². The summed E-state index contributed by atoms with van der Waals surface area (Å²) in [5.74, 6) is -0.478. The van der Waals surface area contributed by atoms with Gasteiger partial charge in [0.15, 0.2) is 0 Å². The van der Waals surface area contributed by atoms with Crippen LogP contribution in [0.15, 0.2) is 58.4 Å². The number of H-pyrrole nitrogens is 1. The number of phenols is 1. The molecule has 172 valence electrons. The highest BCUT2D eigenvalue weighted by atomic mass is 35.5. The Labute approximate surface area is 207 Å². The maximum atomic E-state index is 13.7. The molecule has 1 aromatic heterocycles. The Kier molecular flexibility index (Phi) is 4.42. The molecule has 34 heavy (non-hydrogen) atoms. The smallest absolute Gasteiger partial charge is 0.305 e. The van der Waals surface area contributed by atoms with Gasteiger partial charge in [0.2, 0.25) is 11.8 Å². The first kappa shape index (κ1) is 20.8. The summed E-state index contributed by atoms with van der Waals surface area (Å²) in [5.41, 5.74) is 1.60. The van der Waals surface area contributed by atoms with Crippen molar-refractivity contribution in [2.45, 2.75) is 22.6 Å². The van der Waals surface area contributed by atoms with E-state index in [-0.39, 0.29) is 63.2 Å². The van der Waals surface area contributed by atoms with Crippen molar-refractivity contribution < 1.29 is 14.7 Å². The molecule has 2 saturated carbocycles. The third kappa shape index (κ3) is 2.73. The first-order valence-electron chi connectivity index (χ1n) is 11.2. The number of aromatic amines is 1. The Morgan fingerprint density at radius 2 is 1.62 bits per heavy atom. The van der Waals surface area contributed by atoms with Gasteiger partial charge in [-0.25, -0.2) is 0 Å². The molecule has 7 rings (SSSR count). The number of aromatic hydroxyl groups is 1. The minimum absolute atomic E-state index is 0.0470. The lowest BCUT2D eigenvalue weighted by Gasteiger charge is -2.43. The van der Waals surface area contributed by atoms with Crippen molar-refractivity contribution in [1.29, 1.82) is 0 Å². The predicted molar refractivity (Wildman–Crippen MR) is 131 cm³/mol. The molecular weight excluding hydrogens is 492 g/mol. The van der Waals surface area contributed by atoms with Crippen LogP contribution in [-0.4, -0.2) is 27.2 Å². The molecule has 0 unspecified atom stereocenters. The molecule has 0 radical (unpaired) electrons. The lowest BCUT2D eigenvalue weighted by Crippen LogP contribution is -2.42. The number of amides is 2. The first-order valence-corrected chi connectivity index (χ1v) is 13.3. The fourth-order valence-corrected chi connectivity index (χ4v) is 9.93. The maximum Gasteiger partial charge on any atom is 0.305 e. The zero-order chi connectivity index (χ0) is 23.3. The molecule has 2 amide bonds. The van der Waals surface area contributed by atoms with Gasteiger partial charge in [0, 0.05) is 21.1 Å². The number of hydrogen-bond donors (Lipinski definition) is 2. The number of anilines is 1. The van der Waals surface area contributed by atoms with Crippen LogP contribution >= 0.6 is 34.7 Å². The summed E-state index contributed by atoms with van der Waals surface area (Å²) in [6.07, 6.45) is 0.845. The molecule has 3 aromatic rings. The lowest BCUT2D eigenvalue weighted by atomic mass is 9.68. The lowest BCUT2D eigenvalue weighted by molar-refractivity contribution is -0.123. The average Bonchev–Trinajstić information content (AvgIpc) is 3.54. The van der Waals surface area contributed by atoms with E-state index in [1.807, 2.05) is 12.1 Å². The second-order valence-electron chi connectivity index (χ2n) is 9.54. The van der Waals surface area contributed by atoms with Crippen molar-refractivity contribution in [3.05, 3.63) is 73.7 Å². The number of nitrogens with one attached hydrogen (secondary N) is 1. The fraction of sp³-hybridized carbons (Fsp3) is 0.320. The third-order valence-corrected chi connectivity index (χ3v) is 10.9. The normalized spacial score (nSPS) is 33.2. The predicted octanol–water partition coefficient (Wildman–Crippen LogP) is 4.47. The average molecular weight is 511 g/mol. The quantitative estimate of drug-likeness (QED) is 0.496. The van der Waals surface area contributed by atoms with Crippen molar-refractivity contribution in [3.63, 3.8) is 0 Å². The number of hydrogen-bond acceptors (Lipinski definition) is 6. The van der Waals surface area contributed by atoms with Crippen LogP contribution in [0, 0.1) is 29.6 Å². The van der Waals surface area contributed by atoms with Crippen LogP contribution in [0.3, 0.4) is 0 Å². The number of fused-ring (bicyclic) bond motifs is 9. The Balaban J connectivity index is 1.32. The van der Waals surface area contributed by atoms with Crippen molar-refractivity contribution in [1.82, 2.24) is 4.98 Å². The fourth-order valence-electron chi connectivity index (χ4n) is 6.92. The highest BCUT2D eigenvalue weighted by molar-refractivity contribution is 8.00. The van der Waals surface area contributed by atoms with Gasteiger partial charge in [-0.15, -0.1) is 11.8 Å². The number of thiazole rings is 1. The van der Waals surface area contributed by atoms with E-state index in [9.17, 15) is 19.5 Å². The summed E-state index contributed by atoms with van der Waals surface area (Å²) < 4.78 is 0. The van der Waals surface area contributed by atoms with Gasteiger partial charge in [0.1, 0.15) is 5.75 Å². The van der Waals surface area contributed by atoms with Crippen molar-refractivity contribution in [2.75, 3.05) is 4.90 Å². The molecule has 9 heteroatoms. The Morgan fingerprint density at radius 3 is 2.32 bits per heavy atom. The number of rotatable bonds is 2. The number of benzene rings is 2. The number of aromatic nitrogens is 1. The number of thioether (sulfide) groups is 1. The second-order valence-corrected chi connectivity index (χ2v) is 12.2. The van der Waals surface area contributed by atoms with E-state index in [1.165, 1.54) is 16.2 Å². The zero-order valence-electron chi connectivity index (χ0n) is 17.7. The van der Waals surface area contributed by atoms with E-state index in [2.05, 4.69) is 4.98 Å². The number of nitrogens with zero attached hydrogens (tertiary/aromatic N) is 1. The summed E-state index contributed by atoms with van der Waals surface area (Å²) in [5, 5.41) is 11.4. The molecule has 3 fully saturated rings. The molecule has 1 saturated heterocycles. The molecule has 0 spiro atoms. The highest BCUT2D eigenvalue weighted by Gasteiger charge is 2.69. The monoisotopic (exact) mass is 510 g/mol. The molecule has 2 aromatic carbocycles. The van der Waals surface area contributed by atoms with Crippen LogP contribution in [0.5, 0.6) is 5.75 Å². The molecule has 2 N–H and O–H groups in total. The van der Waals surface area contributed by atoms with Crippen LogP contribution in [0.2, 0.25) is 5.02 Å². The number of imide groups is 1. The summed E-state index contributed by atoms with van der Waals surface area (Å²) in [7, 11) is 0. The second kappa shape index (κ2) is 7.23. The molecule has 2 aliphatic heterocycles. The molecule has 3 heterocycles. The van der Waals surface area contributed by atoms with Gasteiger partial charge >= 0.3 is 4.87 Å². The SMILES string of the molecule is O=C1[C@@H]2[C@H]3C[C@@H]([C@H]4Sc5[nH]c(=O)sc5[C@@H](c5ccc(O)cc5)[C@@H]34)[C@H]2C(=O)N1c1ccc(Cl)cc1. The molecule has 7 atom stereocenters. The third-order valence-electron chi connectivity index (χ3n) is 8.06. The Hall–Kier alpha value is -2.55. The minimum atomic E-state index is -0.341. The van der Waals surface area contributed by atoms with E-state index in [4.69, 9.17) is 11.6 Å². The van der Waals surface area contributed by atoms with Crippen molar-refractivity contribution in [2.24, 2.45) is 29.6 Å². The van der Waals surface area contributed by atoms with Crippen LogP contribution in [-0.2, 0) is 9.59 Å². The van der Waals surface area contributed by atoms with Gasteiger partial charge in [-0.2, -0.15) is 0 Å². The zero-order valence-corrected chi connectivity index (χ0v) is 20.1. The van der Waals surface area contributed by atoms with Crippen LogP contribution in [0.1, 0.15) is 22.8 Å². The minimum Gasteiger partial charge on any atom is -0.508 e. The van der Waals surface area contributed by atoms with E-state index >= 15 is 0 Å². The summed E-state index contributed by atoms with van der Waals surface area (Å²) >= 11 is 8.92. The Bertz CT molecular complexity index is 1400. The number of carbonyl (C=O) groups excluding carboxylic acids is 2. The summed E-state index contributed by atoms with van der Waals surface area (Å²) in [4.78, 5) is 44.8. The molecule has 4 aliphatic rings. The topological polar surface area (TPSA) is 90.5 Å². The summed E-state index contributed by atoms with van der Waals surface area (Å²) in [6, 6.07) is 14.0. The van der Waals surface area contributed by atoms with Crippen LogP contribution < -0.4 is 9.77 Å². The van der Waals surface area contributed by atoms with E-state index in [0.29, 0.717) is 10.7 Å². The molecule has 6 nitrogen and oxygen atoms in total. The van der Waals surface area contributed by atoms with Gasteiger partial charge in [0.25, 0.3) is 0 Å². The highest BCUT2D eigenvalue weighted by Crippen LogP contribution is 2.68. The van der Waals surface area contributed by atoms with E-state index in [1.54, 1.807) is 48.2 Å². The van der Waals surface area contributed by atoms with E-state index in [0.717, 1.165) is 21.9 Å².